The van der Waals surface area contributed by atoms with Crippen LogP contribution in [0.5, 0.6) is 0 Å². The molecule has 0 spiro atoms. The van der Waals surface area contributed by atoms with Crippen LogP contribution in [-0.4, -0.2) is 28.4 Å². The van der Waals surface area contributed by atoms with Crippen molar-refractivity contribution >= 4 is 34.9 Å². The molecule has 0 saturated heterocycles. The highest BCUT2D eigenvalue weighted by Crippen LogP contribution is 2.03. The molecule has 0 aromatic carbocycles. The molecule has 0 radical (unpaired) electrons. The maximum atomic E-state index is 11.2. The van der Waals surface area contributed by atoms with Crippen LogP contribution in [0.3, 0.4) is 0 Å². The number of nitrogens with two attached hydrogens (primary N) is 1. The highest BCUT2D eigenvalue weighted by Gasteiger charge is 2.07. The van der Waals surface area contributed by atoms with E-state index in [1.165, 1.54) is 0 Å². The minimum absolute atomic E-state index is 0.0773. The second-order valence-electron chi connectivity index (χ2n) is 3.10. The number of rotatable bonds is 7. The highest BCUT2D eigenvalue weighted by atomic mass is 32.2. The average Bonchev–Trinajstić information content (AvgIpc) is 2.02. The van der Waals surface area contributed by atoms with Gasteiger partial charge in [0, 0.05) is 6.04 Å². The first-order chi connectivity index (χ1) is 6.56. The van der Waals surface area contributed by atoms with Crippen LogP contribution in [0, 0.1) is 0 Å². The Morgan fingerprint density at radius 3 is 2.79 bits per heavy atom. The van der Waals surface area contributed by atoms with Gasteiger partial charge in [0.1, 0.15) is 0 Å². The fourth-order valence-corrected chi connectivity index (χ4v) is 1.90. The lowest BCUT2D eigenvalue weighted by Gasteiger charge is -2.12. The van der Waals surface area contributed by atoms with Crippen LogP contribution in [-0.2, 0) is 4.79 Å². The van der Waals surface area contributed by atoms with Crippen molar-refractivity contribution in [1.29, 1.82) is 0 Å². The van der Waals surface area contributed by atoms with Gasteiger partial charge in [-0.15, -0.1) is 0 Å². The Labute approximate surface area is 95.2 Å². The second-order valence-corrected chi connectivity index (χ2v) is 5.02. The number of thiocarbonyl (C=S) groups is 1. The second kappa shape index (κ2) is 8.05. The summed E-state index contributed by atoms with van der Waals surface area (Å²) in [7, 11) is 0. The summed E-state index contributed by atoms with van der Waals surface area (Å²) in [5.41, 5.74) is 5.26. The lowest BCUT2D eigenvalue weighted by molar-refractivity contribution is -0.120. The van der Waals surface area contributed by atoms with Gasteiger partial charge >= 0.3 is 0 Å². The molecule has 3 nitrogen and oxygen atoms in total. The van der Waals surface area contributed by atoms with Gasteiger partial charge in [-0.2, -0.15) is 11.8 Å². The molecule has 0 rings (SSSR count). The Bertz CT molecular complexity index is 197. The SMILES string of the molecule is CCSCCC(C)NC(=O)CC(N)=S. The summed E-state index contributed by atoms with van der Waals surface area (Å²) in [6, 6.07) is 0.205. The standard InChI is InChI=1S/C9H18N2OS2/c1-3-14-5-4-7(2)11-9(12)6-8(10)13/h7H,3-6H2,1-2H3,(H2,10,13)(H,11,12). The molecular weight excluding hydrogens is 216 g/mol. The molecule has 14 heavy (non-hydrogen) atoms. The first-order valence-corrected chi connectivity index (χ1v) is 6.28. The summed E-state index contributed by atoms with van der Waals surface area (Å²) in [5, 5.41) is 2.85. The van der Waals surface area contributed by atoms with E-state index in [0.29, 0.717) is 0 Å². The van der Waals surface area contributed by atoms with Gasteiger partial charge in [0.2, 0.25) is 5.91 Å². The Morgan fingerprint density at radius 2 is 2.29 bits per heavy atom. The summed E-state index contributed by atoms with van der Waals surface area (Å²) < 4.78 is 0. The van der Waals surface area contributed by atoms with E-state index >= 15 is 0 Å². The first kappa shape index (κ1) is 13.7. The van der Waals surface area contributed by atoms with Gasteiger partial charge in [-0.1, -0.05) is 19.1 Å². The molecule has 1 atom stereocenters. The zero-order chi connectivity index (χ0) is 11.0. The van der Waals surface area contributed by atoms with E-state index in [2.05, 4.69) is 24.5 Å². The molecule has 3 N–H and O–H groups in total. The minimum atomic E-state index is -0.0773. The van der Waals surface area contributed by atoms with E-state index in [0.717, 1.165) is 17.9 Å². The average molecular weight is 234 g/mol. The van der Waals surface area contributed by atoms with Crippen LogP contribution >= 0.6 is 24.0 Å². The van der Waals surface area contributed by atoms with Crippen molar-refractivity contribution in [3.8, 4) is 0 Å². The predicted octanol–water partition coefficient (Wildman–Crippen LogP) is 1.31. The Hall–Kier alpha value is -0.290. The zero-order valence-corrected chi connectivity index (χ0v) is 10.3. The van der Waals surface area contributed by atoms with Crippen molar-refractivity contribution in [2.45, 2.75) is 32.7 Å². The van der Waals surface area contributed by atoms with E-state index in [1.807, 2.05) is 18.7 Å². The summed E-state index contributed by atoms with van der Waals surface area (Å²) in [5.74, 6) is 2.12. The van der Waals surface area contributed by atoms with Gasteiger partial charge in [-0.05, 0) is 24.9 Å². The number of carbonyl (C=O) groups is 1. The molecule has 0 fully saturated rings. The maximum absolute atomic E-state index is 11.2. The van der Waals surface area contributed by atoms with Crippen LogP contribution in [0.1, 0.15) is 26.7 Å². The lowest BCUT2D eigenvalue weighted by atomic mass is 10.2. The molecule has 0 bridgehead atoms. The molecule has 0 aliphatic carbocycles. The van der Waals surface area contributed by atoms with E-state index in [1.54, 1.807) is 0 Å². The number of amides is 1. The molecule has 0 aromatic rings. The normalized spacial score (nSPS) is 12.1. The summed E-state index contributed by atoms with van der Waals surface area (Å²) >= 11 is 6.52. The topological polar surface area (TPSA) is 55.1 Å². The third-order valence-corrected chi connectivity index (χ3v) is 2.72. The molecular formula is C9H18N2OS2. The molecule has 82 valence electrons. The van der Waals surface area contributed by atoms with Crippen molar-refractivity contribution in [1.82, 2.24) is 5.32 Å². The molecule has 1 amide bonds. The summed E-state index contributed by atoms with van der Waals surface area (Å²) in [6.07, 6.45) is 1.14. The molecule has 0 heterocycles. The Balaban J connectivity index is 3.55. The van der Waals surface area contributed by atoms with Crippen LogP contribution in [0.2, 0.25) is 0 Å². The summed E-state index contributed by atoms with van der Waals surface area (Å²) in [4.78, 5) is 11.5. The number of carbonyl (C=O) groups excluding carboxylic acids is 1. The van der Waals surface area contributed by atoms with Crippen molar-refractivity contribution in [2.24, 2.45) is 5.73 Å². The smallest absolute Gasteiger partial charge is 0.227 e. The quantitative estimate of drug-likeness (QED) is 0.515. The minimum Gasteiger partial charge on any atom is -0.393 e. The zero-order valence-electron chi connectivity index (χ0n) is 8.71. The predicted molar refractivity (Wildman–Crippen MR) is 66.6 cm³/mol. The largest absolute Gasteiger partial charge is 0.393 e. The third-order valence-electron chi connectivity index (χ3n) is 1.64. The molecule has 0 aliphatic rings. The van der Waals surface area contributed by atoms with Gasteiger partial charge in [0.15, 0.2) is 0 Å². The Kier molecular flexibility index (Phi) is 7.89. The first-order valence-electron chi connectivity index (χ1n) is 4.71. The van der Waals surface area contributed by atoms with Crippen molar-refractivity contribution in [2.75, 3.05) is 11.5 Å². The fourth-order valence-electron chi connectivity index (χ4n) is 0.961. The molecule has 0 aromatic heterocycles. The van der Waals surface area contributed by atoms with Crippen LogP contribution in [0.15, 0.2) is 0 Å². The van der Waals surface area contributed by atoms with Crippen LogP contribution in [0.4, 0.5) is 0 Å². The monoisotopic (exact) mass is 234 g/mol. The Morgan fingerprint density at radius 1 is 1.64 bits per heavy atom. The fraction of sp³-hybridized carbons (Fsp3) is 0.778. The molecule has 0 saturated carbocycles. The lowest BCUT2D eigenvalue weighted by Crippen LogP contribution is -2.35. The highest BCUT2D eigenvalue weighted by molar-refractivity contribution is 7.99. The van der Waals surface area contributed by atoms with Gasteiger partial charge in [-0.25, -0.2) is 0 Å². The molecule has 5 heteroatoms. The van der Waals surface area contributed by atoms with Gasteiger partial charge in [-0.3, -0.25) is 4.79 Å². The van der Waals surface area contributed by atoms with Gasteiger partial charge in [0.05, 0.1) is 11.4 Å². The molecule has 1 unspecified atom stereocenters. The van der Waals surface area contributed by atoms with Crippen LogP contribution < -0.4 is 11.1 Å². The van der Waals surface area contributed by atoms with Crippen molar-refractivity contribution in [3.05, 3.63) is 0 Å². The van der Waals surface area contributed by atoms with E-state index in [9.17, 15) is 4.79 Å². The van der Waals surface area contributed by atoms with Crippen LogP contribution in [0.25, 0.3) is 0 Å². The van der Waals surface area contributed by atoms with E-state index in [4.69, 9.17) is 5.73 Å². The van der Waals surface area contributed by atoms with Gasteiger partial charge < -0.3 is 11.1 Å². The maximum Gasteiger partial charge on any atom is 0.227 e. The van der Waals surface area contributed by atoms with E-state index < -0.39 is 0 Å². The van der Waals surface area contributed by atoms with Crippen molar-refractivity contribution < 1.29 is 4.79 Å². The number of hydrogen-bond acceptors (Lipinski definition) is 3. The number of nitrogens with one attached hydrogen (secondary N) is 1. The van der Waals surface area contributed by atoms with E-state index in [-0.39, 0.29) is 23.4 Å². The third kappa shape index (κ3) is 8.31. The number of hydrogen-bond donors (Lipinski definition) is 2. The summed E-state index contributed by atoms with van der Waals surface area (Å²) in [6.45, 7) is 4.12. The van der Waals surface area contributed by atoms with Crippen molar-refractivity contribution in [3.63, 3.8) is 0 Å². The van der Waals surface area contributed by atoms with Gasteiger partial charge in [0.25, 0.3) is 0 Å². The molecule has 0 aliphatic heterocycles. The number of thioether (sulfide) groups is 1.